The molecule has 0 saturated carbocycles. The molecule has 3 heterocycles. The van der Waals surface area contributed by atoms with Gasteiger partial charge in [-0.1, -0.05) is 72.3 Å². The van der Waals surface area contributed by atoms with Crippen molar-refractivity contribution in [3.8, 4) is 0 Å². The molecule has 3 aliphatic rings. The van der Waals surface area contributed by atoms with Gasteiger partial charge in [0, 0.05) is 5.69 Å². The lowest BCUT2D eigenvalue weighted by Gasteiger charge is -2.37. The summed E-state index contributed by atoms with van der Waals surface area (Å²) in [5, 5.41) is 16.9. The number of halogens is 1. The molecule has 3 amide bonds. The molecule has 218 valence electrons. The third-order valence-electron chi connectivity index (χ3n) is 9.18. The Morgan fingerprint density at radius 3 is 2.36 bits per heavy atom. The van der Waals surface area contributed by atoms with Crippen molar-refractivity contribution in [2.24, 2.45) is 11.8 Å². The normalized spacial score (nSPS) is 28.4. The summed E-state index contributed by atoms with van der Waals surface area (Å²) in [5.74, 6) is -2.86. The van der Waals surface area contributed by atoms with Gasteiger partial charge in [0.1, 0.15) is 11.6 Å². The number of anilines is 2. The minimum Gasteiger partial charge on any atom is -0.394 e. The van der Waals surface area contributed by atoms with Gasteiger partial charge >= 0.3 is 0 Å². The Hall–Kier alpha value is -3.72. The van der Waals surface area contributed by atoms with E-state index in [1.807, 2.05) is 68.4 Å². The van der Waals surface area contributed by atoms with E-state index in [0.29, 0.717) is 35.7 Å². The molecule has 0 aromatic heterocycles. The molecule has 3 aromatic carbocycles. The SMILES string of the molecule is Cc1cccc(Cl)c1NC(=O)C1N([C@@H](CO)Cc2ccccc2)C(=O)[C@@H]2[C@H](C(=O)Nc3ccccc3)[C@]3(C)CCC12O3. The predicted molar refractivity (Wildman–Crippen MR) is 160 cm³/mol. The largest absolute Gasteiger partial charge is 0.394 e. The van der Waals surface area contributed by atoms with E-state index < -0.39 is 41.0 Å². The van der Waals surface area contributed by atoms with Crippen molar-refractivity contribution in [1.29, 1.82) is 0 Å². The van der Waals surface area contributed by atoms with Crippen molar-refractivity contribution < 1.29 is 24.2 Å². The first-order valence-corrected chi connectivity index (χ1v) is 14.7. The lowest BCUT2D eigenvalue weighted by Crippen LogP contribution is -2.57. The average molecular weight is 588 g/mol. The topological polar surface area (TPSA) is 108 Å². The third kappa shape index (κ3) is 4.58. The number of nitrogens with zero attached hydrogens (tertiary/aromatic N) is 1. The van der Waals surface area contributed by atoms with Crippen LogP contribution in [0.2, 0.25) is 5.02 Å². The van der Waals surface area contributed by atoms with E-state index in [2.05, 4.69) is 10.6 Å². The van der Waals surface area contributed by atoms with Crippen LogP contribution in [0.5, 0.6) is 0 Å². The van der Waals surface area contributed by atoms with Gasteiger partial charge in [-0.05, 0) is 62.4 Å². The lowest BCUT2D eigenvalue weighted by atomic mass is 9.66. The number of likely N-dealkylation sites (tertiary alicyclic amines) is 1. The van der Waals surface area contributed by atoms with Crippen LogP contribution in [0.4, 0.5) is 11.4 Å². The summed E-state index contributed by atoms with van der Waals surface area (Å²) in [6.07, 6.45) is 1.27. The van der Waals surface area contributed by atoms with Crippen molar-refractivity contribution in [3.63, 3.8) is 0 Å². The van der Waals surface area contributed by atoms with Crippen molar-refractivity contribution >= 4 is 40.7 Å². The predicted octanol–water partition coefficient (Wildman–Crippen LogP) is 4.59. The second-order valence-corrected chi connectivity index (χ2v) is 12.2. The number of carbonyl (C=O) groups excluding carboxylic acids is 3. The number of carbonyl (C=O) groups is 3. The van der Waals surface area contributed by atoms with Crippen molar-refractivity contribution in [3.05, 3.63) is 95.0 Å². The Bertz CT molecular complexity index is 1500. The van der Waals surface area contributed by atoms with E-state index in [1.54, 1.807) is 24.3 Å². The maximum Gasteiger partial charge on any atom is 0.250 e. The number of benzene rings is 3. The van der Waals surface area contributed by atoms with Gasteiger partial charge in [-0.2, -0.15) is 0 Å². The standard InChI is InChI=1S/C33H34ClN3O5/c1-20-10-9-15-24(34)27(20)36-30(40)28-33-17-16-32(2,42-33)25(29(39)35-22-13-7-4-8-14-22)26(33)31(41)37(28)23(19-38)18-21-11-5-3-6-12-21/h3-15,23,25-26,28,38H,16-19H2,1-2H3,(H,35,39)(H,36,40)/t23-,25-,26+,28?,32+,33?/m1/s1. The Labute approximate surface area is 250 Å². The average Bonchev–Trinajstić information content (AvgIpc) is 3.55. The van der Waals surface area contributed by atoms with Gasteiger partial charge in [-0.3, -0.25) is 14.4 Å². The number of hydrogen-bond acceptors (Lipinski definition) is 5. The fraction of sp³-hybridized carbons (Fsp3) is 0.364. The van der Waals surface area contributed by atoms with Crippen LogP contribution in [0, 0.1) is 18.8 Å². The van der Waals surface area contributed by atoms with Crippen LogP contribution < -0.4 is 10.6 Å². The molecule has 6 atom stereocenters. The molecule has 9 heteroatoms. The first-order chi connectivity index (χ1) is 20.2. The molecule has 3 aliphatic heterocycles. The number of fused-ring (bicyclic) bond motifs is 1. The van der Waals surface area contributed by atoms with Crippen LogP contribution >= 0.6 is 11.6 Å². The van der Waals surface area contributed by atoms with E-state index in [9.17, 15) is 19.5 Å². The van der Waals surface area contributed by atoms with Crippen LogP contribution in [0.3, 0.4) is 0 Å². The maximum atomic E-state index is 14.5. The molecular weight excluding hydrogens is 554 g/mol. The quantitative estimate of drug-likeness (QED) is 0.357. The van der Waals surface area contributed by atoms with Crippen LogP contribution in [-0.2, 0) is 25.5 Å². The van der Waals surface area contributed by atoms with Gasteiger partial charge in [0.15, 0.2) is 0 Å². The molecule has 6 rings (SSSR count). The summed E-state index contributed by atoms with van der Waals surface area (Å²) in [4.78, 5) is 44.2. The second-order valence-electron chi connectivity index (χ2n) is 11.8. The van der Waals surface area contributed by atoms with Crippen molar-refractivity contribution in [2.75, 3.05) is 17.2 Å². The van der Waals surface area contributed by atoms with Crippen molar-refractivity contribution in [2.45, 2.75) is 56.4 Å². The molecule has 3 fully saturated rings. The van der Waals surface area contributed by atoms with Gasteiger partial charge in [0.05, 0.1) is 40.8 Å². The molecule has 2 bridgehead atoms. The number of aliphatic hydroxyl groups is 1. The van der Waals surface area contributed by atoms with Gasteiger partial charge < -0.3 is 25.4 Å². The molecule has 0 radical (unpaired) electrons. The molecule has 42 heavy (non-hydrogen) atoms. The first-order valence-electron chi connectivity index (χ1n) is 14.3. The maximum absolute atomic E-state index is 14.5. The zero-order valence-corrected chi connectivity index (χ0v) is 24.3. The highest BCUT2D eigenvalue weighted by Gasteiger charge is 2.78. The minimum absolute atomic E-state index is 0.324. The number of amides is 3. The summed E-state index contributed by atoms with van der Waals surface area (Å²) >= 11 is 6.48. The molecule has 1 spiro atoms. The number of rotatable bonds is 8. The Kier molecular flexibility index (Phi) is 7.33. The number of ether oxygens (including phenoxy) is 1. The zero-order chi connectivity index (χ0) is 29.6. The van der Waals surface area contributed by atoms with Crippen LogP contribution in [0.25, 0.3) is 0 Å². The van der Waals surface area contributed by atoms with E-state index in [4.69, 9.17) is 16.3 Å². The molecule has 3 N–H and O–H groups in total. The number of aryl methyl sites for hydroxylation is 1. The lowest BCUT2D eigenvalue weighted by molar-refractivity contribution is -0.146. The van der Waals surface area contributed by atoms with Gasteiger partial charge in [-0.25, -0.2) is 0 Å². The summed E-state index contributed by atoms with van der Waals surface area (Å²) in [6.45, 7) is 3.33. The Balaban J connectivity index is 1.41. The number of aliphatic hydroxyl groups excluding tert-OH is 1. The molecule has 2 unspecified atom stereocenters. The zero-order valence-electron chi connectivity index (χ0n) is 23.5. The van der Waals surface area contributed by atoms with E-state index in [1.165, 1.54) is 4.90 Å². The number of para-hydroxylation sites is 2. The highest BCUT2D eigenvalue weighted by molar-refractivity contribution is 6.34. The van der Waals surface area contributed by atoms with Crippen LogP contribution in [0.15, 0.2) is 78.9 Å². The van der Waals surface area contributed by atoms with E-state index in [0.717, 1.165) is 11.1 Å². The number of hydrogen-bond donors (Lipinski definition) is 3. The van der Waals surface area contributed by atoms with Crippen molar-refractivity contribution in [1.82, 2.24) is 4.90 Å². The summed E-state index contributed by atoms with van der Waals surface area (Å²) in [7, 11) is 0. The fourth-order valence-corrected chi connectivity index (χ4v) is 7.59. The monoisotopic (exact) mass is 587 g/mol. The Morgan fingerprint density at radius 2 is 1.69 bits per heavy atom. The second kappa shape index (κ2) is 10.8. The molecule has 0 aliphatic carbocycles. The Morgan fingerprint density at radius 1 is 1.00 bits per heavy atom. The van der Waals surface area contributed by atoms with E-state index in [-0.39, 0.29) is 18.4 Å². The van der Waals surface area contributed by atoms with E-state index >= 15 is 0 Å². The highest BCUT2D eigenvalue weighted by atomic mass is 35.5. The molecule has 3 saturated heterocycles. The number of nitrogens with one attached hydrogen (secondary N) is 2. The minimum atomic E-state index is -1.24. The first kappa shape index (κ1) is 28.4. The fourth-order valence-electron chi connectivity index (χ4n) is 7.32. The van der Waals surface area contributed by atoms with Gasteiger partial charge in [0.25, 0.3) is 0 Å². The molecule has 8 nitrogen and oxygen atoms in total. The third-order valence-corrected chi connectivity index (χ3v) is 9.49. The summed E-state index contributed by atoms with van der Waals surface area (Å²) in [6, 6.07) is 22.1. The van der Waals surface area contributed by atoms with Crippen LogP contribution in [0.1, 0.15) is 30.9 Å². The smallest absolute Gasteiger partial charge is 0.250 e. The summed E-state index contributed by atoms with van der Waals surface area (Å²) < 4.78 is 6.72. The van der Waals surface area contributed by atoms with Crippen LogP contribution in [-0.4, -0.2) is 57.6 Å². The van der Waals surface area contributed by atoms with Gasteiger partial charge in [-0.15, -0.1) is 0 Å². The van der Waals surface area contributed by atoms with Gasteiger partial charge in [0.2, 0.25) is 17.7 Å². The summed E-state index contributed by atoms with van der Waals surface area (Å²) in [5.41, 5.74) is 0.581. The molecular formula is C33H34ClN3O5. The highest BCUT2D eigenvalue weighted by Crippen LogP contribution is 2.63. The molecule has 3 aromatic rings.